The molecule has 0 radical (unpaired) electrons. The van der Waals surface area contributed by atoms with Crippen LogP contribution in [0.25, 0.3) is 0 Å². The van der Waals surface area contributed by atoms with Crippen molar-refractivity contribution in [2.45, 2.75) is 13.3 Å². The van der Waals surface area contributed by atoms with Crippen molar-refractivity contribution in [3.63, 3.8) is 0 Å². The molecule has 1 aliphatic carbocycles. The van der Waals surface area contributed by atoms with Crippen LogP contribution < -0.4 is 0 Å². The maximum Gasteiger partial charge on any atom is 0.396 e. The topological polar surface area (TPSA) is 52.6 Å². The first-order valence-corrected chi connectivity index (χ1v) is 5.35. The maximum atomic E-state index is 11.5. The molecule has 1 fully saturated rings. The molecule has 1 rings (SSSR count). The molecule has 12 heavy (non-hydrogen) atoms. The van der Waals surface area contributed by atoms with Crippen LogP contribution in [0.1, 0.15) is 13.3 Å². The van der Waals surface area contributed by atoms with Gasteiger partial charge in [-0.05, 0) is 12.3 Å². The fourth-order valence-electron chi connectivity index (χ4n) is 1.12. The van der Waals surface area contributed by atoms with Gasteiger partial charge in [-0.1, -0.05) is 6.92 Å². The van der Waals surface area contributed by atoms with Crippen molar-refractivity contribution in [3.05, 3.63) is 0 Å². The van der Waals surface area contributed by atoms with Crippen molar-refractivity contribution >= 4 is 13.1 Å². The summed E-state index contributed by atoms with van der Waals surface area (Å²) in [6.07, 6.45) is 0.801. The molecular weight excluding hydrogens is 179 g/mol. The third-order valence-electron chi connectivity index (χ3n) is 2.18. The average molecular weight is 192 g/mol. The summed E-state index contributed by atoms with van der Waals surface area (Å²) < 4.78 is 20.6. The summed E-state index contributed by atoms with van der Waals surface area (Å²) in [7, 11) is -0.979. The van der Waals surface area contributed by atoms with Gasteiger partial charge in [0.2, 0.25) is 5.52 Å². The predicted molar refractivity (Wildman–Crippen MR) is 43.9 cm³/mol. The molecule has 0 aromatic rings. The van der Waals surface area contributed by atoms with Crippen molar-refractivity contribution in [1.82, 2.24) is 0 Å². The number of hydrogen-bond acceptors (Lipinski definition) is 4. The number of rotatable bonds is 4. The van der Waals surface area contributed by atoms with Gasteiger partial charge < -0.3 is 9.05 Å². The summed E-state index contributed by atoms with van der Waals surface area (Å²) in [6.45, 7) is 1.94. The molecule has 4 nitrogen and oxygen atoms in total. The van der Waals surface area contributed by atoms with E-state index in [-0.39, 0.29) is 11.4 Å². The SMILES string of the molecule is COP(=O)(OC)C(=O)C1CC1C. The Morgan fingerprint density at radius 1 is 1.42 bits per heavy atom. The Balaban J connectivity index is 2.67. The summed E-state index contributed by atoms with van der Waals surface area (Å²) in [5.41, 5.74) is -0.375. The Hall–Kier alpha value is -0.180. The normalized spacial score (nSPS) is 28.6. The zero-order valence-electron chi connectivity index (χ0n) is 7.44. The summed E-state index contributed by atoms with van der Waals surface area (Å²) in [5.74, 6) is 0.215. The van der Waals surface area contributed by atoms with Crippen LogP contribution in [0, 0.1) is 11.8 Å². The van der Waals surface area contributed by atoms with Gasteiger partial charge in [0.1, 0.15) is 0 Å². The summed E-state index contributed by atoms with van der Waals surface area (Å²) in [4.78, 5) is 11.4. The summed E-state index contributed by atoms with van der Waals surface area (Å²) in [6, 6.07) is 0. The summed E-state index contributed by atoms with van der Waals surface area (Å²) >= 11 is 0. The number of carbonyl (C=O) groups is 1. The van der Waals surface area contributed by atoms with Crippen LogP contribution in [0.3, 0.4) is 0 Å². The molecular formula is C7H13O4P. The molecule has 0 aliphatic heterocycles. The lowest BCUT2D eigenvalue weighted by Gasteiger charge is -2.10. The lowest BCUT2D eigenvalue weighted by molar-refractivity contribution is -0.115. The van der Waals surface area contributed by atoms with Crippen LogP contribution >= 0.6 is 7.60 Å². The van der Waals surface area contributed by atoms with Gasteiger partial charge in [0.15, 0.2) is 0 Å². The van der Waals surface area contributed by atoms with E-state index in [4.69, 9.17) is 0 Å². The Kier molecular flexibility index (Phi) is 2.71. The molecule has 0 N–H and O–H groups in total. The fraction of sp³-hybridized carbons (Fsp3) is 0.857. The minimum absolute atomic E-state index is 0.115. The smallest absolute Gasteiger partial charge is 0.307 e. The first-order chi connectivity index (χ1) is 5.55. The van der Waals surface area contributed by atoms with E-state index >= 15 is 0 Å². The minimum Gasteiger partial charge on any atom is -0.307 e. The van der Waals surface area contributed by atoms with E-state index in [1.807, 2.05) is 6.92 Å². The zero-order chi connectivity index (χ0) is 9.35. The third kappa shape index (κ3) is 1.60. The molecule has 0 aromatic heterocycles. The highest BCUT2D eigenvalue weighted by Crippen LogP contribution is 2.56. The molecule has 0 amide bonds. The van der Waals surface area contributed by atoms with Crippen LogP contribution in [-0.2, 0) is 18.4 Å². The summed E-state index contributed by atoms with van der Waals surface area (Å²) in [5, 5.41) is 0. The second-order valence-corrected chi connectivity index (χ2v) is 5.19. The van der Waals surface area contributed by atoms with E-state index in [9.17, 15) is 9.36 Å². The lowest BCUT2D eigenvalue weighted by atomic mass is 10.4. The molecule has 0 heterocycles. The second kappa shape index (κ2) is 3.29. The molecule has 1 aliphatic rings. The number of hydrogen-bond donors (Lipinski definition) is 0. The Labute approximate surface area is 71.8 Å². The maximum absolute atomic E-state index is 11.5. The molecule has 5 heteroatoms. The third-order valence-corrected chi connectivity index (χ3v) is 4.01. The van der Waals surface area contributed by atoms with E-state index < -0.39 is 7.60 Å². The Morgan fingerprint density at radius 3 is 2.08 bits per heavy atom. The van der Waals surface area contributed by atoms with Crippen molar-refractivity contribution in [2.24, 2.45) is 11.8 Å². The molecule has 0 spiro atoms. The van der Waals surface area contributed by atoms with E-state index in [2.05, 4.69) is 9.05 Å². The lowest BCUT2D eigenvalue weighted by Crippen LogP contribution is -2.06. The van der Waals surface area contributed by atoms with Crippen LogP contribution in [0.2, 0.25) is 0 Å². The van der Waals surface area contributed by atoms with Gasteiger partial charge in [-0.3, -0.25) is 9.36 Å². The molecule has 2 atom stereocenters. The van der Waals surface area contributed by atoms with Gasteiger partial charge in [0.05, 0.1) is 0 Å². The van der Waals surface area contributed by atoms with Crippen LogP contribution in [-0.4, -0.2) is 19.7 Å². The largest absolute Gasteiger partial charge is 0.396 e. The van der Waals surface area contributed by atoms with Gasteiger partial charge in [-0.2, -0.15) is 0 Å². The van der Waals surface area contributed by atoms with Crippen LogP contribution in [0.4, 0.5) is 0 Å². The molecule has 2 unspecified atom stereocenters. The van der Waals surface area contributed by atoms with E-state index in [1.165, 1.54) is 14.2 Å². The van der Waals surface area contributed by atoms with Gasteiger partial charge in [0.25, 0.3) is 0 Å². The average Bonchev–Trinajstić information content (AvgIpc) is 2.80. The Bertz CT molecular complexity index is 230. The minimum atomic E-state index is -3.44. The first-order valence-electron chi connectivity index (χ1n) is 3.81. The van der Waals surface area contributed by atoms with E-state index in [0.29, 0.717) is 5.92 Å². The standard InChI is InChI=1S/C7H13O4P/c1-5-4-6(5)7(8)12(9,10-2)11-3/h5-6H,4H2,1-3H3. The zero-order valence-corrected chi connectivity index (χ0v) is 8.34. The number of carbonyl (C=O) groups excluding carboxylic acids is 1. The van der Waals surface area contributed by atoms with Crippen LogP contribution in [0.15, 0.2) is 0 Å². The first kappa shape index (κ1) is 9.90. The molecule has 0 bridgehead atoms. The van der Waals surface area contributed by atoms with Gasteiger partial charge in [0, 0.05) is 20.1 Å². The fourth-order valence-corrected chi connectivity index (χ4v) is 2.40. The highest BCUT2D eigenvalue weighted by molar-refractivity contribution is 7.71. The Morgan fingerprint density at radius 2 is 1.83 bits per heavy atom. The molecule has 0 saturated heterocycles. The quantitative estimate of drug-likeness (QED) is 0.635. The van der Waals surface area contributed by atoms with Gasteiger partial charge >= 0.3 is 7.60 Å². The second-order valence-electron chi connectivity index (χ2n) is 3.02. The van der Waals surface area contributed by atoms with Crippen molar-refractivity contribution in [1.29, 1.82) is 0 Å². The molecule has 0 aromatic carbocycles. The molecule has 1 saturated carbocycles. The van der Waals surface area contributed by atoms with E-state index in [1.54, 1.807) is 0 Å². The van der Waals surface area contributed by atoms with E-state index in [0.717, 1.165) is 6.42 Å². The van der Waals surface area contributed by atoms with Crippen LogP contribution in [0.5, 0.6) is 0 Å². The van der Waals surface area contributed by atoms with Crippen molar-refractivity contribution in [3.8, 4) is 0 Å². The monoisotopic (exact) mass is 192 g/mol. The van der Waals surface area contributed by atoms with Gasteiger partial charge in [-0.25, -0.2) is 0 Å². The highest BCUT2D eigenvalue weighted by Gasteiger charge is 2.48. The predicted octanol–water partition coefficient (Wildman–Crippen LogP) is 1.65. The van der Waals surface area contributed by atoms with Gasteiger partial charge in [-0.15, -0.1) is 0 Å². The van der Waals surface area contributed by atoms with Crippen molar-refractivity contribution in [2.75, 3.05) is 14.2 Å². The molecule has 70 valence electrons. The highest BCUT2D eigenvalue weighted by atomic mass is 31.2. The van der Waals surface area contributed by atoms with Crippen molar-refractivity contribution < 1.29 is 18.4 Å².